The Kier molecular flexibility index (Phi) is 9.83. The van der Waals surface area contributed by atoms with Crippen molar-refractivity contribution >= 4 is 46.4 Å². The van der Waals surface area contributed by atoms with Crippen molar-refractivity contribution in [1.82, 2.24) is 4.90 Å². The van der Waals surface area contributed by atoms with Gasteiger partial charge < -0.3 is 10.2 Å². The summed E-state index contributed by atoms with van der Waals surface area (Å²) in [6.45, 7) is 2.64. The van der Waals surface area contributed by atoms with Gasteiger partial charge in [-0.1, -0.05) is 48.5 Å². The predicted octanol–water partition coefficient (Wildman–Crippen LogP) is 4.51. The number of aliphatic imine (C=N–C) groups is 1. The highest BCUT2D eigenvalue weighted by Gasteiger charge is 2.15. The Bertz CT molecular complexity index is 719. The van der Waals surface area contributed by atoms with Crippen LogP contribution in [0.5, 0.6) is 0 Å². The van der Waals surface area contributed by atoms with Crippen LogP contribution in [0.3, 0.4) is 0 Å². The summed E-state index contributed by atoms with van der Waals surface area (Å²) >= 11 is 0. The van der Waals surface area contributed by atoms with Gasteiger partial charge in [0.25, 0.3) is 0 Å². The molecule has 1 heterocycles. The van der Waals surface area contributed by atoms with Crippen LogP contribution in [0.15, 0.2) is 65.7 Å². The van der Waals surface area contributed by atoms with Gasteiger partial charge in [-0.15, -0.1) is 24.0 Å². The van der Waals surface area contributed by atoms with Crippen LogP contribution in [-0.2, 0) is 16.6 Å². The normalized spacial score (nSPS) is 15.7. The molecule has 2 aromatic carbocycles. The van der Waals surface area contributed by atoms with Gasteiger partial charge in [0.15, 0.2) is 5.96 Å². The van der Waals surface area contributed by atoms with E-state index in [0.29, 0.717) is 18.1 Å². The molecule has 1 aliphatic rings. The van der Waals surface area contributed by atoms with Crippen molar-refractivity contribution in [3.63, 3.8) is 0 Å². The minimum Gasteiger partial charge on any atom is -0.343 e. The number of rotatable bonds is 6. The number of halogens is 1. The van der Waals surface area contributed by atoms with Gasteiger partial charge in [0, 0.05) is 41.1 Å². The minimum atomic E-state index is -0.892. The number of piperidine rings is 1. The highest BCUT2D eigenvalue weighted by Crippen LogP contribution is 2.12. The first kappa shape index (κ1) is 21.9. The molecule has 0 aliphatic carbocycles. The third-order valence-electron chi connectivity index (χ3n) is 4.44. The first-order chi connectivity index (χ1) is 12.8. The highest BCUT2D eigenvalue weighted by atomic mass is 127. The Hall–Kier alpha value is -1.41. The Morgan fingerprint density at radius 2 is 1.59 bits per heavy atom. The number of hydrogen-bond donors (Lipinski definition) is 1. The molecule has 0 saturated carbocycles. The number of likely N-dealkylation sites (tertiary alicyclic amines) is 1. The van der Waals surface area contributed by atoms with Crippen molar-refractivity contribution in [2.24, 2.45) is 4.99 Å². The molecule has 0 amide bonds. The maximum atomic E-state index is 12.3. The van der Waals surface area contributed by atoms with E-state index >= 15 is 0 Å². The molecule has 3 rings (SSSR count). The standard InChI is InChI=1S/C21H27N3OS.HI/c25-26(18-19-10-4-1-5-11-19)17-14-22-21(24-15-8-3-9-16-24)23-20-12-6-2-7-13-20;/h1-2,4-7,10-13H,3,8-9,14-18H2,(H,22,23);1H. The molecule has 1 aliphatic heterocycles. The summed E-state index contributed by atoms with van der Waals surface area (Å²) in [6.07, 6.45) is 3.70. The van der Waals surface area contributed by atoms with Gasteiger partial charge >= 0.3 is 0 Å². The first-order valence-electron chi connectivity index (χ1n) is 9.31. The molecule has 0 bridgehead atoms. The molecule has 0 aromatic heterocycles. The second-order valence-corrected chi connectivity index (χ2v) is 8.09. The third kappa shape index (κ3) is 7.62. The Balaban J connectivity index is 0.00000261. The molecule has 0 radical (unpaired) electrons. The zero-order valence-electron chi connectivity index (χ0n) is 15.5. The Labute approximate surface area is 181 Å². The van der Waals surface area contributed by atoms with Crippen LogP contribution >= 0.6 is 24.0 Å². The van der Waals surface area contributed by atoms with Crippen molar-refractivity contribution in [1.29, 1.82) is 0 Å². The van der Waals surface area contributed by atoms with Crippen LogP contribution in [0.4, 0.5) is 5.69 Å². The number of anilines is 1. The van der Waals surface area contributed by atoms with E-state index in [1.807, 2.05) is 60.7 Å². The van der Waals surface area contributed by atoms with Crippen molar-refractivity contribution in [3.05, 3.63) is 66.2 Å². The van der Waals surface area contributed by atoms with E-state index in [4.69, 9.17) is 4.99 Å². The number of para-hydroxylation sites is 1. The lowest BCUT2D eigenvalue weighted by Crippen LogP contribution is -2.40. The summed E-state index contributed by atoms with van der Waals surface area (Å²) in [5, 5.41) is 3.45. The quantitative estimate of drug-likeness (QED) is 0.363. The van der Waals surface area contributed by atoms with Crippen molar-refractivity contribution in [2.75, 3.05) is 30.7 Å². The fraction of sp³-hybridized carbons (Fsp3) is 0.381. The van der Waals surface area contributed by atoms with Gasteiger partial charge in [-0.05, 0) is 37.0 Å². The van der Waals surface area contributed by atoms with Crippen LogP contribution < -0.4 is 5.32 Å². The van der Waals surface area contributed by atoms with E-state index in [-0.39, 0.29) is 24.0 Å². The average Bonchev–Trinajstić information content (AvgIpc) is 2.69. The van der Waals surface area contributed by atoms with Crippen LogP contribution in [0.1, 0.15) is 24.8 Å². The van der Waals surface area contributed by atoms with Crippen LogP contribution in [-0.4, -0.2) is 40.5 Å². The molecule has 1 saturated heterocycles. The van der Waals surface area contributed by atoms with E-state index in [1.165, 1.54) is 19.3 Å². The summed E-state index contributed by atoms with van der Waals surface area (Å²) < 4.78 is 12.3. The largest absolute Gasteiger partial charge is 0.343 e. The van der Waals surface area contributed by atoms with Gasteiger partial charge in [0.05, 0.1) is 6.54 Å². The summed E-state index contributed by atoms with van der Waals surface area (Å²) in [5.41, 5.74) is 2.16. The van der Waals surface area contributed by atoms with Crippen LogP contribution in [0.25, 0.3) is 0 Å². The topological polar surface area (TPSA) is 44.7 Å². The summed E-state index contributed by atoms with van der Waals surface area (Å²) in [4.78, 5) is 7.08. The molecule has 1 N–H and O–H groups in total. The number of guanidine groups is 1. The van der Waals surface area contributed by atoms with Gasteiger partial charge in [-0.3, -0.25) is 9.20 Å². The monoisotopic (exact) mass is 497 g/mol. The molecule has 146 valence electrons. The maximum absolute atomic E-state index is 12.3. The van der Waals surface area contributed by atoms with Gasteiger partial charge in [0.1, 0.15) is 0 Å². The van der Waals surface area contributed by atoms with E-state index in [1.54, 1.807) is 0 Å². The van der Waals surface area contributed by atoms with Gasteiger partial charge in [-0.25, -0.2) is 0 Å². The minimum absolute atomic E-state index is 0. The zero-order chi connectivity index (χ0) is 18.0. The van der Waals surface area contributed by atoms with Crippen molar-refractivity contribution < 1.29 is 4.21 Å². The highest BCUT2D eigenvalue weighted by molar-refractivity contribution is 14.0. The van der Waals surface area contributed by atoms with Gasteiger partial charge in [-0.2, -0.15) is 0 Å². The first-order valence-corrected chi connectivity index (χ1v) is 10.8. The molecule has 2 aromatic rings. The predicted molar refractivity (Wildman–Crippen MR) is 126 cm³/mol. The summed E-state index contributed by atoms with van der Waals surface area (Å²) in [7, 11) is -0.892. The molecule has 4 nitrogen and oxygen atoms in total. The third-order valence-corrected chi connectivity index (χ3v) is 5.73. The van der Waals surface area contributed by atoms with E-state index in [2.05, 4.69) is 10.2 Å². The molecule has 1 atom stereocenters. The molecule has 0 spiro atoms. The summed E-state index contributed by atoms with van der Waals surface area (Å²) in [6, 6.07) is 20.2. The van der Waals surface area contributed by atoms with Crippen LogP contribution in [0, 0.1) is 0 Å². The second-order valence-electron chi connectivity index (χ2n) is 6.52. The lowest BCUT2D eigenvalue weighted by molar-refractivity contribution is 0.340. The Morgan fingerprint density at radius 1 is 0.963 bits per heavy atom. The lowest BCUT2D eigenvalue weighted by atomic mass is 10.1. The number of benzene rings is 2. The van der Waals surface area contributed by atoms with E-state index < -0.39 is 10.8 Å². The number of nitrogens with zero attached hydrogens (tertiary/aromatic N) is 2. The van der Waals surface area contributed by atoms with Crippen molar-refractivity contribution in [3.8, 4) is 0 Å². The number of hydrogen-bond acceptors (Lipinski definition) is 2. The molecule has 6 heteroatoms. The molecule has 27 heavy (non-hydrogen) atoms. The lowest BCUT2D eigenvalue weighted by Gasteiger charge is -2.30. The SMILES string of the molecule is I.O=S(CCN=C(Nc1ccccc1)N1CCCCC1)Cc1ccccc1. The second kappa shape index (κ2) is 12.1. The summed E-state index contributed by atoms with van der Waals surface area (Å²) in [5.74, 6) is 2.09. The van der Waals surface area contributed by atoms with Crippen molar-refractivity contribution in [2.45, 2.75) is 25.0 Å². The fourth-order valence-electron chi connectivity index (χ4n) is 3.06. The molecular formula is C21H28IN3OS. The number of nitrogens with one attached hydrogen (secondary N) is 1. The molecule has 1 fully saturated rings. The van der Waals surface area contributed by atoms with Gasteiger partial charge in [0.2, 0.25) is 0 Å². The average molecular weight is 497 g/mol. The van der Waals surface area contributed by atoms with Crippen LogP contribution in [0.2, 0.25) is 0 Å². The molecule has 1 unspecified atom stereocenters. The Morgan fingerprint density at radius 3 is 2.26 bits per heavy atom. The fourth-order valence-corrected chi connectivity index (χ4v) is 4.06. The smallest absolute Gasteiger partial charge is 0.198 e. The van der Waals surface area contributed by atoms with E-state index in [9.17, 15) is 4.21 Å². The molecular weight excluding hydrogens is 469 g/mol. The van der Waals surface area contributed by atoms with E-state index in [0.717, 1.165) is 30.3 Å². The zero-order valence-corrected chi connectivity index (χ0v) is 18.7. The maximum Gasteiger partial charge on any atom is 0.198 e.